The summed E-state index contributed by atoms with van der Waals surface area (Å²) in [5.41, 5.74) is 2.87. The molecule has 150 valence electrons. The molecular formula is C25H20FNO3. The molecule has 0 heterocycles. The molecule has 0 spiro atoms. The largest absolute Gasteiger partial charge is 0.481 e. The van der Waals surface area contributed by atoms with Crippen molar-refractivity contribution >= 4 is 17.6 Å². The predicted molar refractivity (Wildman–Crippen MR) is 113 cm³/mol. The van der Waals surface area contributed by atoms with Gasteiger partial charge in [-0.25, -0.2) is 9.18 Å². The van der Waals surface area contributed by atoms with Crippen LogP contribution in [0.2, 0.25) is 0 Å². The van der Waals surface area contributed by atoms with Gasteiger partial charge in [-0.05, 0) is 54.8 Å². The van der Waals surface area contributed by atoms with Gasteiger partial charge in [-0.3, -0.25) is 0 Å². The van der Waals surface area contributed by atoms with Crippen LogP contribution < -0.4 is 9.47 Å². The number of nitrogens with zero attached hydrogens (tertiary/aromatic N) is 1. The summed E-state index contributed by atoms with van der Waals surface area (Å²) < 4.78 is 25.0. The highest BCUT2D eigenvalue weighted by Gasteiger charge is 2.11. The number of hydrogen-bond donors (Lipinski definition) is 0. The minimum atomic E-state index is -0.548. The number of aryl methyl sites for hydroxylation is 2. The van der Waals surface area contributed by atoms with Crippen LogP contribution in [0.4, 0.5) is 4.39 Å². The number of esters is 1. The molecule has 0 N–H and O–H groups in total. The summed E-state index contributed by atoms with van der Waals surface area (Å²) in [5, 5.41) is 9.42. The van der Waals surface area contributed by atoms with Crippen molar-refractivity contribution in [3.8, 4) is 17.6 Å². The number of allylic oxidation sites excluding steroid dienone is 1. The molecule has 0 aliphatic rings. The van der Waals surface area contributed by atoms with Crippen molar-refractivity contribution in [2.75, 3.05) is 6.61 Å². The van der Waals surface area contributed by atoms with Crippen molar-refractivity contribution in [1.29, 1.82) is 5.26 Å². The molecule has 3 rings (SSSR count). The Labute approximate surface area is 174 Å². The number of rotatable bonds is 6. The van der Waals surface area contributed by atoms with Gasteiger partial charge in [0.1, 0.15) is 17.3 Å². The lowest BCUT2D eigenvalue weighted by Crippen LogP contribution is -2.18. The zero-order valence-corrected chi connectivity index (χ0v) is 16.7. The fourth-order valence-electron chi connectivity index (χ4n) is 3.00. The number of carbonyl (C=O) groups is 1. The van der Waals surface area contributed by atoms with E-state index in [0.29, 0.717) is 17.1 Å². The number of ether oxygens (including phenoxy) is 2. The number of halogens is 1. The van der Waals surface area contributed by atoms with E-state index in [-0.39, 0.29) is 17.7 Å². The van der Waals surface area contributed by atoms with Gasteiger partial charge in [0.15, 0.2) is 6.61 Å². The highest BCUT2D eigenvalue weighted by atomic mass is 19.1. The third kappa shape index (κ3) is 5.12. The van der Waals surface area contributed by atoms with E-state index in [4.69, 9.17) is 9.47 Å². The van der Waals surface area contributed by atoms with Gasteiger partial charge >= 0.3 is 5.97 Å². The first kappa shape index (κ1) is 20.8. The number of benzene rings is 3. The minimum absolute atomic E-state index is 0.176. The Kier molecular flexibility index (Phi) is 6.61. The van der Waals surface area contributed by atoms with E-state index >= 15 is 0 Å². The summed E-state index contributed by atoms with van der Waals surface area (Å²) in [6, 6.07) is 20.5. The molecule has 3 aromatic rings. The Morgan fingerprint density at radius 1 is 1.03 bits per heavy atom. The van der Waals surface area contributed by atoms with Crippen LogP contribution in [0.3, 0.4) is 0 Å². The maximum absolute atomic E-state index is 14.0. The highest BCUT2D eigenvalue weighted by molar-refractivity contribution is 5.90. The van der Waals surface area contributed by atoms with Crippen molar-refractivity contribution in [2.45, 2.75) is 13.8 Å². The molecule has 30 heavy (non-hydrogen) atoms. The van der Waals surface area contributed by atoms with E-state index in [1.54, 1.807) is 48.5 Å². The molecule has 0 radical (unpaired) electrons. The zero-order valence-electron chi connectivity index (χ0n) is 16.7. The number of hydrogen-bond acceptors (Lipinski definition) is 4. The van der Waals surface area contributed by atoms with Crippen LogP contribution in [0.25, 0.3) is 11.6 Å². The van der Waals surface area contributed by atoms with Gasteiger partial charge in [-0.1, -0.05) is 48.5 Å². The van der Waals surface area contributed by atoms with Crippen molar-refractivity contribution < 1.29 is 18.7 Å². The monoisotopic (exact) mass is 401 g/mol. The van der Waals surface area contributed by atoms with Crippen LogP contribution >= 0.6 is 0 Å². The minimum Gasteiger partial charge on any atom is -0.481 e. The van der Waals surface area contributed by atoms with E-state index in [9.17, 15) is 14.4 Å². The Morgan fingerprint density at radius 3 is 2.43 bits per heavy atom. The van der Waals surface area contributed by atoms with Crippen LogP contribution in [0.5, 0.6) is 11.5 Å². The molecule has 3 aromatic carbocycles. The molecule has 4 nitrogen and oxygen atoms in total. The molecule has 0 amide bonds. The molecule has 0 aliphatic carbocycles. The van der Waals surface area contributed by atoms with Gasteiger partial charge in [-0.2, -0.15) is 5.26 Å². The maximum atomic E-state index is 14.0. The fraction of sp³-hybridized carbons (Fsp3) is 0.120. The first-order chi connectivity index (χ1) is 14.5. The third-order valence-electron chi connectivity index (χ3n) is 4.43. The van der Waals surface area contributed by atoms with Crippen LogP contribution in [0, 0.1) is 31.0 Å². The Bertz CT molecular complexity index is 1120. The molecule has 0 aliphatic heterocycles. The number of nitriles is 1. The van der Waals surface area contributed by atoms with Crippen molar-refractivity contribution in [1.82, 2.24) is 0 Å². The normalized spacial score (nSPS) is 10.9. The van der Waals surface area contributed by atoms with Crippen LogP contribution in [-0.2, 0) is 4.79 Å². The number of para-hydroxylation sites is 1. The quantitative estimate of drug-likeness (QED) is 0.237. The van der Waals surface area contributed by atoms with E-state index in [0.717, 1.165) is 11.1 Å². The zero-order chi connectivity index (χ0) is 21.5. The summed E-state index contributed by atoms with van der Waals surface area (Å²) in [6.45, 7) is 3.59. The lowest BCUT2D eigenvalue weighted by Gasteiger charge is -2.11. The summed E-state index contributed by atoms with van der Waals surface area (Å²) in [6.07, 6.45) is 1.54. The molecule has 0 saturated carbocycles. The van der Waals surface area contributed by atoms with Gasteiger partial charge in [0.2, 0.25) is 0 Å². The Hall–Kier alpha value is -3.91. The smallest absolute Gasteiger partial charge is 0.349 e. The van der Waals surface area contributed by atoms with Gasteiger partial charge in [0.05, 0.1) is 11.6 Å². The maximum Gasteiger partial charge on any atom is 0.349 e. The topological polar surface area (TPSA) is 59.3 Å². The summed E-state index contributed by atoms with van der Waals surface area (Å²) >= 11 is 0. The molecule has 0 saturated heterocycles. The third-order valence-corrected chi connectivity index (χ3v) is 4.43. The Morgan fingerprint density at radius 2 is 1.73 bits per heavy atom. The lowest BCUT2D eigenvalue weighted by molar-refractivity contribution is -0.136. The van der Waals surface area contributed by atoms with Crippen LogP contribution in [0.1, 0.15) is 22.3 Å². The van der Waals surface area contributed by atoms with Crippen molar-refractivity contribution in [3.63, 3.8) is 0 Å². The van der Waals surface area contributed by atoms with Crippen molar-refractivity contribution in [2.24, 2.45) is 0 Å². The molecule has 0 unspecified atom stereocenters. The molecule has 5 heteroatoms. The molecule has 0 aromatic heterocycles. The van der Waals surface area contributed by atoms with Gasteiger partial charge in [0, 0.05) is 5.56 Å². The van der Waals surface area contributed by atoms with Gasteiger partial charge in [0.25, 0.3) is 0 Å². The van der Waals surface area contributed by atoms with Gasteiger partial charge < -0.3 is 9.47 Å². The molecule has 0 bridgehead atoms. The van der Waals surface area contributed by atoms with Crippen LogP contribution in [0.15, 0.2) is 66.7 Å². The Balaban J connectivity index is 1.72. The van der Waals surface area contributed by atoms with E-state index in [1.165, 1.54) is 6.07 Å². The van der Waals surface area contributed by atoms with E-state index in [2.05, 4.69) is 0 Å². The van der Waals surface area contributed by atoms with Crippen molar-refractivity contribution in [3.05, 3.63) is 94.8 Å². The predicted octanol–water partition coefficient (Wildman–Crippen LogP) is 5.49. The van der Waals surface area contributed by atoms with E-state index in [1.807, 2.05) is 38.1 Å². The second-order valence-corrected chi connectivity index (χ2v) is 6.71. The average Bonchev–Trinajstić information content (AvgIpc) is 2.72. The average molecular weight is 401 g/mol. The summed E-state index contributed by atoms with van der Waals surface area (Å²) in [5.74, 6) is -0.0516. The SMILES string of the molecule is Cc1cccc(C)c1OCC(=O)Oc1cccc(/C=C(/C#N)c2ccccc2F)c1. The van der Waals surface area contributed by atoms with Crippen LogP contribution in [-0.4, -0.2) is 12.6 Å². The summed E-state index contributed by atoms with van der Waals surface area (Å²) in [7, 11) is 0. The van der Waals surface area contributed by atoms with Gasteiger partial charge in [-0.15, -0.1) is 0 Å². The van der Waals surface area contributed by atoms with E-state index < -0.39 is 11.8 Å². The summed E-state index contributed by atoms with van der Waals surface area (Å²) in [4.78, 5) is 12.2. The first-order valence-electron chi connectivity index (χ1n) is 9.34. The first-order valence-corrected chi connectivity index (χ1v) is 9.34. The molecule has 0 atom stereocenters. The molecule has 0 fully saturated rings. The lowest BCUT2D eigenvalue weighted by atomic mass is 10.0. The molecular weight excluding hydrogens is 381 g/mol. The standard InChI is InChI=1S/C25H20FNO3/c1-17-7-5-8-18(2)25(17)29-16-24(28)30-21-10-6-9-19(14-21)13-20(15-27)22-11-3-4-12-23(22)26/h3-14H,16H2,1-2H3/b20-13-. The number of carbonyl (C=O) groups excluding carboxylic acids is 1. The second-order valence-electron chi connectivity index (χ2n) is 6.71. The fourth-order valence-corrected chi connectivity index (χ4v) is 3.00. The highest BCUT2D eigenvalue weighted by Crippen LogP contribution is 2.24. The second kappa shape index (κ2) is 9.53.